The van der Waals surface area contributed by atoms with Crippen LogP contribution in [0.5, 0.6) is 0 Å². The van der Waals surface area contributed by atoms with Gasteiger partial charge in [-0.15, -0.1) is 0 Å². The van der Waals surface area contributed by atoms with E-state index in [4.69, 9.17) is 0 Å². The van der Waals surface area contributed by atoms with Gasteiger partial charge in [-0.25, -0.2) is 4.98 Å². The number of aromatic nitrogens is 2. The van der Waals surface area contributed by atoms with Gasteiger partial charge in [-0.05, 0) is 25.5 Å². The molecule has 0 aliphatic heterocycles. The second-order valence-corrected chi connectivity index (χ2v) is 5.17. The molecule has 3 aromatic rings. The molecule has 2 aromatic carbocycles. The van der Waals surface area contributed by atoms with Crippen molar-refractivity contribution >= 4 is 16.8 Å². The van der Waals surface area contributed by atoms with E-state index in [1.807, 2.05) is 68.4 Å². The molecule has 0 amide bonds. The van der Waals surface area contributed by atoms with Crippen molar-refractivity contribution < 1.29 is 4.79 Å². The molecule has 1 atom stereocenters. The molecule has 0 N–H and O–H groups in total. The molecule has 3 nitrogen and oxygen atoms in total. The number of para-hydroxylation sites is 2. The normalized spacial score (nSPS) is 12.5. The zero-order valence-corrected chi connectivity index (χ0v) is 12.3. The maximum atomic E-state index is 12.8. The number of aryl methyl sites for hydroxylation is 1. The molecule has 1 heterocycles. The van der Waals surface area contributed by atoms with Gasteiger partial charge in [-0.3, -0.25) is 4.79 Å². The Morgan fingerprint density at radius 3 is 2.48 bits per heavy atom. The predicted octanol–water partition coefficient (Wildman–Crippen LogP) is 4.18. The molecule has 0 aliphatic rings. The highest BCUT2D eigenvalue weighted by atomic mass is 16.1. The molecular formula is C18H18N2O. The molecule has 0 spiro atoms. The minimum atomic E-state index is -0.209. The van der Waals surface area contributed by atoms with E-state index < -0.39 is 0 Å². The van der Waals surface area contributed by atoms with Crippen LogP contribution in [0.3, 0.4) is 0 Å². The number of imidazole rings is 1. The standard InChI is InChI=1S/C18H18N2O/c1-3-16(18(21)14-9-5-4-6-10-14)20-13(2)19-15-11-7-8-12-17(15)20/h4-12,16H,3H2,1-2H3. The largest absolute Gasteiger partial charge is 0.317 e. The summed E-state index contributed by atoms with van der Waals surface area (Å²) < 4.78 is 2.06. The first kappa shape index (κ1) is 13.6. The second-order valence-electron chi connectivity index (χ2n) is 5.17. The van der Waals surface area contributed by atoms with Crippen molar-refractivity contribution in [2.75, 3.05) is 0 Å². The van der Waals surface area contributed by atoms with Crippen molar-refractivity contribution in [2.45, 2.75) is 26.3 Å². The van der Waals surface area contributed by atoms with Gasteiger partial charge < -0.3 is 4.57 Å². The van der Waals surface area contributed by atoms with Crippen LogP contribution in [-0.4, -0.2) is 15.3 Å². The van der Waals surface area contributed by atoms with Crippen molar-refractivity contribution in [1.82, 2.24) is 9.55 Å². The Bertz CT molecular complexity index is 774. The Hall–Kier alpha value is -2.42. The number of Topliss-reactive ketones (excluding diaryl/α,β-unsaturated/α-hetero) is 1. The monoisotopic (exact) mass is 278 g/mol. The van der Waals surface area contributed by atoms with Gasteiger partial charge in [0.2, 0.25) is 0 Å². The summed E-state index contributed by atoms with van der Waals surface area (Å²) in [7, 11) is 0. The van der Waals surface area contributed by atoms with Gasteiger partial charge in [-0.1, -0.05) is 49.4 Å². The van der Waals surface area contributed by atoms with E-state index >= 15 is 0 Å². The van der Waals surface area contributed by atoms with E-state index in [0.29, 0.717) is 0 Å². The number of hydrogen-bond donors (Lipinski definition) is 0. The summed E-state index contributed by atoms with van der Waals surface area (Å²) in [6.45, 7) is 4.00. The van der Waals surface area contributed by atoms with Gasteiger partial charge in [0.15, 0.2) is 5.78 Å². The number of nitrogens with zero attached hydrogens (tertiary/aromatic N) is 2. The Morgan fingerprint density at radius 2 is 1.76 bits per heavy atom. The van der Waals surface area contributed by atoms with Crippen LogP contribution in [0, 0.1) is 6.92 Å². The number of hydrogen-bond acceptors (Lipinski definition) is 2. The fourth-order valence-electron chi connectivity index (χ4n) is 2.84. The maximum Gasteiger partial charge on any atom is 0.185 e. The molecule has 0 bridgehead atoms. The molecule has 21 heavy (non-hydrogen) atoms. The molecule has 1 unspecified atom stereocenters. The van der Waals surface area contributed by atoms with Gasteiger partial charge >= 0.3 is 0 Å². The van der Waals surface area contributed by atoms with Gasteiger partial charge in [0.1, 0.15) is 5.82 Å². The molecule has 0 saturated carbocycles. The lowest BCUT2D eigenvalue weighted by atomic mass is 10.0. The average molecular weight is 278 g/mol. The fourth-order valence-corrected chi connectivity index (χ4v) is 2.84. The predicted molar refractivity (Wildman–Crippen MR) is 84.6 cm³/mol. The number of benzene rings is 2. The lowest BCUT2D eigenvalue weighted by molar-refractivity contribution is 0.0923. The topological polar surface area (TPSA) is 34.9 Å². The molecule has 0 fully saturated rings. The lowest BCUT2D eigenvalue weighted by Gasteiger charge is -2.18. The number of ketones is 1. The Morgan fingerprint density at radius 1 is 1.10 bits per heavy atom. The highest BCUT2D eigenvalue weighted by Crippen LogP contribution is 2.25. The summed E-state index contributed by atoms with van der Waals surface area (Å²) >= 11 is 0. The highest BCUT2D eigenvalue weighted by Gasteiger charge is 2.23. The Kier molecular flexibility index (Phi) is 3.57. The zero-order valence-electron chi connectivity index (χ0n) is 12.3. The van der Waals surface area contributed by atoms with Crippen LogP contribution in [-0.2, 0) is 0 Å². The van der Waals surface area contributed by atoms with E-state index in [2.05, 4.69) is 9.55 Å². The molecular weight excluding hydrogens is 260 g/mol. The van der Waals surface area contributed by atoms with E-state index in [1.165, 1.54) is 0 Å². The zero-order chi connectivity index (χ0) is 14.8. The lowest BCUT2D eigenvalue weighted by Crippen LogP contribution is -2.20. The number of carbonyl (C=O) groups excluding carboxylic acids is 1. The third kappa shape index (κ3) is 2.35. The second kappa shape index (κ2) is 5.52. The van der Waals surface area contributed by atoms with Crippen LogP contribution >= 0.6 is 0 Å². The van der Waals surface area contributed by atoms with E-state index in [1.54, 1.807) is 0 Å². The quantitative estimate of drug-likeness (QED) is 0.671. The van der Waals surface area contributed by atoms with Crippen molar-refractivity contribution in [3.8, 4) is 0 Å². The molecule has 3 rings (SSSR count). The van der Waals surface area contributed by atoms with Crippen LogP contribution in [0.2, 0.25) is 0 Å². The van der Waals surface area contributed by atoms with Crippen molar-refractivity contribution in [3.63, 3.8) is 0 Å². The Labute approximate surface area is 124 Å². The average Bonchev–Trinajstić information content (AvgIpc) is 2.85. The number of rotatable bonds is 4. The van der Waals surface area contributed by atoms with Crippen molar-refractivity contribution in [3.05, 3.63) is 66.0 Å². The molecule has 106 valence electrons. The molecule has 1 aromatic heterocycles. The highest BCUT2D eigenvalue weighted by molar-refractivity contribution is 5.99. The summed E-state index contributed by atoms with van der Waals surface area (Å²) in [6.07, 6.45) is 0.745. The summed E-state index contributed by atoms with van der Waals surface area (Å²) in [6, 6.07) is 17.2. The SMILES string of the molecule is CCC(C(=O)c1ccccc1)n1c(C)nc2ccccc21. The van der Waals surface area contributed by atoms with Gasteiger partial charge in [0, 0.05) is 5.56 Å². The summed E-state index contributed by atoms with van der Waals surface area (Å²) in [5, 5.41) is 0. The van der Waals surface area contributed by atoms with Gasteiger partial charge in [0.05, 0.1) is 17.1 Å². The van der Waals surface area contributed by atoms with Crippen LogP contribution in [0.4, 0.5) is 0 Å². The van der Waals surface area contributed by atoms with E-state index in [0.717, 1.165) is 28.8 Å². The van der Waals surface area contributed by atoms with Gasteiger partial charge in [0.25, 0.3) is 0 Å². The molecule has 0 radical (unpaired) electrons. The van der Waals surface area contributed by atoms with Crippen LogP contribution in [0.25, 0.3) is 11.0 Å². The first-order valence-electron chi connectivity index (χ1n) is 7.25. The van der Waals surface area contributed by atoms with Crippen LogP contribution in [0.1, 0.15) is 35.6 Å². The maximum absolute atomic E-state index is 12.8. The number of carbonyl (C=O) groups is 1. The third-order valence-electron chi connectivity index (χ3n) is 3.83. The van der Waals surface area contributed by atoms with E-state index in [-0.39, 0.29) is 11.8 Å². The van der Waals surface area contributed by atoms with Crippen molar-refractivity contribution in [1.29, 1.82) is 0 Å². The summed E-state index contributed by atoms with van der Waals surface area (Å²) in [5.74, 6) is 1.02. The first-order valence-corrected chi connectivity index (χ1v) is 7.25. The summed E-state index contributed by atoms with van der Waals surface area (Å²) in [5.41, 5.74) is 2.71. The minimum Gasteiger partial charge on any atom is -0.317 e. The van der Waals surface area contributed by atoms with Gasteiger partial charge in [-0.2, -0.15) is 0 Å². The fraction of sp³-hybridized carbons (Fsp3) is 0.222. The molecule has 0 aliphatic carbocycles. The van der Waals surface area contributed by atoms with Crippen molar-refractivity contribution in [2.24, 2.45) is 0 Å². The first-order chi connectivity index (χ1) is 10.2. The molecule has 3 heteroatoms. The molecule has 0 saturated heterocycles. The third-order valence-corrected chi connectivity index (χ3v) is 3.83. The van der Waals surface area contributed by atoms with E-state index in [9.17, 15) is 4.79 Å². The van der Waals surface area contributed by atoms with Crippen LogP contribution in [0.15, 0.2) is 54.6 Å². The minimum absolute atomic E-state index is 0.143. The van der Waals surface area contributed by atoms with Crippen LogP contribution < -0.4 is 0 Å². The number of fused-ring (bicyclic) bond motifs is 1. The Balaban J connectivity index is 2.11. The smallest absolute Gasteiger partial charge is 0.185 e. The summed E-state index contributed by atoms with van der Waals surface area (Å²) in [4.78, 5) is 17.4.